The third-order valence-corrected chi connectivity index (χ3v) is 7.03. The van der Waals surface area contributed by atoms with E-state index in [1.165, 1.54) is 24.2 Å². The van der Waals surface area contributed by atoms with Gasteiger partial charge in [0.2, 0.25) is 5.91 Å². The fourth-order valence-electron chi connectivity index (χ4n) is 6.57. The van der Waals surface area contributed by atoms with Gasteiger partial charge in [0.05, 0.1) is 0 Å². The lowest BCUT2D eigenvalue weighted by atomic mass is 9.53. The lowest BCUT2D eigenvalue weighted by molar-refractivity contribution is -0.134. The standard InChI is InChI=1S/C18H25N3O3/c22-15(10-21-16(23)14-2-1-3-20(14)17(21)24)19-18-7-11-4-12(8-18)6-13(5-11)9-18/h11-14H,1-10H2,(H,19,22). The van der Waals surface area contributed by atoms with E-state index >= 15 is 0 Å². The highest BCUT2D eigenvalue weighted by Gasteiger charge is 2.52. The van der Waals surface area contributed by atoms with Gasteiger partial charge in [0, 0.05) is 12.1 Å². The van der Waals surface area contributed by atoms with Gasteiger partial charge in [0.15, 0.2) is 0 Å². The minimum absolute atomic E-state index is 0.0617. The molecule has 1 N–H and O–H groups in total. The summed E-state index contributed by atoms with van der Waals surface area (Å²) in [4.78, 5) is 40.1. The number of hydrogen-bond donors (Lipinski definition) is 1. The van der Waals surface area contributed by atoms with Gasteiger partial charge in [-0.1, -0.05) is 0 Å². The molecule has 0 aromatic rings. The first kappa shape index (κ1) is 14.7. The van der Waals surface area contributed by atoms with Crippen molar-refractivity contribution in [1.82, 2.24) is 15.1 Å². The molecule has 24 heavy (non-hydrogen) atoms. The molecule has 4 aliphatic carbocycles. The average Bonchev–Trinajstić information content (AvgIpc) is 3.05. The van der Waals surface area contributed by atoms with Gasteiger partial charge in [-0.15, -0.1) is 0 Å². The number of nitrogens with one attached hydrogen (secondary N) is 1. The highest BCUT2D eigenvalue weighted by atomic mass is 16.2. The Bertz CT molecular complexity index is 559. The topological polar surface area (TPSA) is 69.7 Å². The molecule has 6 heteroatoms. The number of rotatable bonds is 3. The third kappa shape index (κ3) is 2.11. The molecule has 1 atom stereocenters. The zero-order valence-corrected chi connectivity index (χ0v) is 14.0. The molecule has 6 fully saturated rings. The van der Waals surface area contributed by atoms with Gasteiger partial charge in [-0.3, -0.25) is 14.5 Å². The van der Waals surface area contributed by atoms with E-state index in [-0.39, 0.29) is 36.0 Å². The van der Waals surface area contributed by atoms with Crippen LogP contribution in [0.1, 0.15) is 51.4 Å². The van der Waals surface area contributed by atoms with Crippen molar-refractivity contribution in [3.8, 4) is 0 Å². The summed E-state index contributed by atoms with van der Waals surface area (Å²) in [7, 11) is 0. The van der Waals surface area contributed by atoms with E-state index in [9.17, 15) is 14.4 Å². The summed E-state index contributed by atoms with van der Waals surface area (Å²) >= 11 is 0. The van der Waals surface area contributed by atoms with Crippen molar-refractivity contribution in [2.24, 2.45) is 17.8 Å². The number of hydrogen-bond acceptors (Lipinski definition) is 3. The highest BCUT2D eigenvalue weighted by Crippen LogP contribution is 2.55. The molecule has 2 saturated heterocycles. The molecule has 0 aromatic heterocycles. The van der Waals surface area contributed by atoms with Gasteiger partial charge in [-0.2, -0.15) is 0 Å². The number of urea groups is 1. The van der Waals surface area contributed by atoms with E-state index in [4.69, 9.17) is 0 Å². The van der Waals surface area contributed by atoms with Gasteiger partial charge in [0.1, 0.15) is 12.6 Å². The summed E-state index contributed by atoms with van der Waals surface area (Å²) in [6.07, 6.45) is 8.86. The van der Waals surface area contributed by atoms with E-state index in [0.29, 0.717) is 6.54 Å². The Labute approximate surface area is 141 Å². The molecule has 130 valence electrons. The Morgan fingerprint density at radius 1 is 1.08 bits per heavy atom. The Kier molecular flexibility index (Phi) is 3.04. The van der Waals surface area contributed by atoms with Crippen molar-refractivity contribution in [3.05, 3.63) is 0 Å². The summed E-state index contributed by atoms with van der Waals surface area (Å²) < 4.78 is 0. The zero-order valence-electron chi connectivity index (χ0n) is 14.0. The maximum Gasteiger partial charge on any atom is 0.327 e. The number of carbonyl (C=O) groups excluding carboxylic acids is 3. The smallest absolute Gasteiger partial charge is 0.327 e. The Morgan fingerprint density at radius 3 is 2.29 bits per heavy atom. The van der Waals surface area contributed by atoms with Crippen LogP contribution >= 0.6 is 0 Å². The second-order valence-electron chi connectivity index (χ2n) is 8.80. The van der Waals surface area contributed by atoms with E-state index in [1.54, 1.807) is 4.90 Å². The van der Waals surface area contributed by atoms with Crippen LogP contribution in [0.15, 0.2) is 0 Å². The average molecular weight is 331 g/mol. The molecule has 1 unspecified atom stereocenters. The minimum atomic E-state index is -0.315. The third-order valence-electron chi connectivity index (χ3n) is 7.03. The van der Waals surface area contributed by atoms with E-state index in [0.717, 1.165) is 49.9 Å². The van der Waals surface area contributed by atoms with Crippen molar-refractivity contribution in [2.45, 2.75) is 62.9 Å². The van der Waals surface area contributed by atoms with Gasteiger partial charge < -0.3 is 10.2 Å². The van der Waals surface area contributed by atoms with Crippen LogP contribution in [-0.2, 0) is 9.59 Å². The molecule has 4 saturated carbocycles. The van der Waals surface area contributed by atoms with E-state index < -0.39 is 0 Å². The maximum absolute atomic E-state index is 12.6. The van der Waals surface area contributed by atoms with Crippen molar-refractivity contribution >= 4 is 17.8 Å². The SMILES string of the molecule is O=C(CN1C(=O)C2CCCN2C1=O)NC12CC3CC(CC(C3)C1)C2. The van der Waals surface area contributed by atoms with Crippen LogP contribution in [0.5, 0.6) is 0 Å². The minimum Gasteiger partial charge on any atom is -0.349 e. The van der Waals surface area contributed by atoms with Gasteiger partial charge in [-0.05, 0) is 69.1 Å². The highest BCUT2D eigenvalue weighted by molar-refractivity contribution is 6.06. The molecule has 0 spiro atoms. The first-order chi connectivity index (χ1) is 11.5. The molecule has 6 rings (SSSR count). The first-order valence-corrected chi connectivity index (χ1v) is 9.46. The number of fused-ring (bicyclic) bond motifs is 1. The molecular weight excluding hydrogens is 306 g/mol. The summed E-state index contributed by atoms with van der Waals surface area (Å²) in [5.74, 6) is 1.95. The number of imide groups is 1. The summed E-state index contributed by atoms with van der Waals surface area (Å²) in [5, 5.41) is 3.25. The van der Waals surface area contributed by atoms with Gasteiger partial charge in [-0.25, -0.2) is 4.79 Å². The molecular formula is C18H25N3O3. The zero-order chi connectivity index (χ0) is 16.5. The maximum atomic E-state index is 12.6. The Balaban J connectivity index is 1.27. The molecule has 2 heterocycles. The number of carbonyl (C=O) groups is 3. The largest absolute Gasteiger partial charge is 0.349 e. The monoisotopic (exact) mass is 331 g/mol. The van der Waals surface area contributed by atoms with Crippen LogP contribution in [0, 0.1) is 17.8 Å². The van der Waals surface area contributed by atoms with Crippen LogP contribution in [0.3, 0.4) is 0 Å². The molecule has 2 aliphatic heterocycles. The lowest BCUT2D eigenvalue weighted by Gasteiger charge is -2.56. The molecule has 0 radical (unpaired) electrons. The van der Waals surface area contributed by atoms with Gasteiger partial charge in [0.25, 0.3) is 5.91 Å². The van der Waals surface area contributed by atoms with Crippen LogP contribution in [0.25, 0.3) is 0 Å². The summed E-state index contributed by atoms with van der Waals surface area (Å²) in [6.45, 7) is 0.536. The van der Waals surface area contributed by atoms with Crippen LogP contribution in [-0.4, -0.2) is 52.3 Å². The molecule has 6 aliphatic rings. The van der Waals surface area contributed by atoms with Crippen LogP contribution < -0.4 is 5.32 Å². The predicted molar refractivity (Wildman–Crippen MR) is 85.9 cm³/mol. The van der Waals surface area contributed by atoms with Crippen molar-refractivity contribution in [1.29, 1.82) is 0 Å². The normalized spacial score (nSPS) is 42.8. The Morgan fingerprint density at radius 2 is 1.71 bits per heavy atom. The first-order valence-electron chi connectivity index (χ1n) is 9.46. The summed E-state index contributed by atoms with van der Waals surface area (Å²) in [6, 6.07) is -0.590. The second kappa shape index (κ2) is 4.96. The number of amides is 4. The second-order valence-corrected chi connectivity index (χ2v) is 8.80. The molecule has 4 amide bonds. The fourth-order valence-corrected chi connectivity index (χ4v) is 6.57. The predicted octanol–water partition coefficient (Wildman–Crippen LogP) is 1.50. The molecule has 4 bridgehead atoms. The molecule has 0 aromatic carbocycles. The Hall–Kier alpha value is -1.59. The fraction of sp³-hybridized carbons (Fsp3) is 0.833. The van der Waals surface area contributed by atoms with Crippen LogP contribution in [0.4, 0.5) is 4.79 Å². The van der Waals surface area contributed by atoms with Crippen molar-refractivity contribution in [3.63, 3.8) is 0 Å². The number of nitrogens with zero attached hydrogens (tertiary/aromatic N) is 2. The lowest BCUT2D eigenvalue weighted by Crippen LogP contribution is -2.61. The van der Waals surface area contributed by atoms with Crippen LogP contribution in [0.2, 0.25) is 0 Å². The van der Waals surface area contributed by atoms with Crippen molar-refractivity contribution in [2.75, 3.05) is 13.1 Å². The van der Waals surface area contributed by atoms with E-state index in [2.05, 4.69) is 5.32 Å². The van der Waals surface area contributed by atoms with Gasteiger partial charge >= 0.3 is 6.03 Å². The summed E-state index contributed by atoms with van der Waals surface area (Å²) in [5.41, 5.74) is -0.0617. The quantitative estimate of drug-likeness (QED) is 0.797. The molecule has 6 nitrogen and oxygen atoms in total. The van der Waals surface area contributed by atoms with Crippen molar-refractivity contribution < 1.29 is 14.4 Å². The van der Waals surface area contributed by atoms with E-state index in [1.807, 2.05) is 0 Å².